The molecule has 0 fully saturated rings. The maximum atomic E-state index is 12.0. The van der Waals surface area contributed by atoms with E-state index in [2.05, 4.69) is 20.3 Å². The Morgan fingerprint density at radius 2 is 2.14 bits per heavy atom. The summed E-state index contributed by atoms with van der Waals surface area (Å²) in [6, 6.07) is 7.44. The SMILES string of the molecule is NCCCc1cn(Cc2nc3ccccc3[nH]c2=O)nn1. The summed E-state index contributed by atoms with van der Waals surface area (Å²) in [6.45, 7) is 0.925. The van der Waals surface area contributed by atoms with Crippen molar-refractivity contribution in [2.45, 2.75) is 19.4 Å². The molecule has 0 saturated heterocycles. The number of para-hydroxylation sites is 2. The van der Waals surface area contributed by atoms with Crippen molar-refractivity contribution in [3.8, 4) is 0 Å². The van der Waals surface area contributed by atoms with Crippen molar-refractivity contribution in [1.29, 1.82) is 0 Å². The number of hydrogen-bond acceptors (Lipinski definition) is 5. The van der Waals surface area contributed by atoms with Gasteiger partial charge in [0.15, 0.2) is 0 Å². The predicted molar refractivity (Wildman–Crippen MR) is 78.9 cm³/mol. The number of nitrogens with one attached hydrogen (secondary N) is 1. The monoisotopic (exact) mass is 284 g/mol. The van der Waals surface area contributed by atoms with Crippen LogP contribution >= 0.6 is 0 Å². The fourth-order valence-electron chi connectivity index (χ4n) is 2.14. The Balaban J connectivity index is 1.85. The number of benzene rings is 1. The van der Waals surface area contributed by atoms with Crippen molar-refractivity contribution in [2.75, 3.05) is 6.54 Å². The van der Waals surface area contributed by atoms with Gasteiger partial charge in [0.2, 0.25) is 0 Å². The van der Waals surface area contributed by atoms with Gasteiger partial charge in [-0.1, -0.05) is 17.3 Å². The Hall–Kier alpha value is -2.54. The third-order valence-electron chi connectivity index (χ3n) is 3.20. The Morgan fingerprint density at radius 1 is 1.29 bits per heavy atom. The number of nitrogens with two attached hydrogens (primary N) is 1. The molecule has 3 aromatic rings. The minimum absolute atomic E-state index is 0.201. The molecule has 0 unspecified atom stereocenters. The lowest BCUT2D eigenvalue weighted by Gasteiger charge is -2.02. The first-order valence-corrected chi connectivity index (χ1v) is 6.83. The molecule has 0 saturated carbocycles. The molecular weight excluding hydrogens is 268 g/mol. The van der Waals surface area contributed by atoms with Crippen molar-refractivity contribution >= 4 is 11.0 Å². The minimum Gasteiger partial charge on any atom is -0.330 e. The van der Waals surface area contributed by atoms with Crippen LogP contribution < -0.4 is 11.3 Å². The maximum Gasteiger partial charge on any atom is 0.272 e. The molecule has 21 heavy (non-hydrogen) atoms. The highest BCUT2D eigenvalue weighted by Crippen LogP contribution is 2.06. The van der Waals surface area contributed by atoms with E-state index in [1.54, 1.807) is 4.68 Å². The van der Waals surface area contributed by atoms with Crippen LogP contribution in [0, 0.1) is 0 Å². The number of fused-ring (bicyclic) bond motifs is 1. The second kappa shape index (κ2) is 5.84. The van der Waals surface area contributed by atoms with E-state index in [1.807, 2.05) is 30.5 Å². The molecule has 3 rings (SSSR count). The summed E-state index contributed by atoms with van der Waals surface area (Å²) in [5, 5.41) is 8.08. The first kappa shape index (κ1) is 13.4. The highest BCUT2D eigenvalue weighted by atomic mass is 16.1. The number of H-pyrrole nitrogens is 1. The molecular formula is C14H16N6O. The quantitative estimate of drug-likeness (QED) is 0.708. The van der Waals surface area contributed by atoms with Crippen LogP contribution in [-0.4, -0.2) is 31.5 Å². The lowest BCUT2D eigenvalue weighted by atomic mass is 10.2. The second-order valence-electron chi connectivity index (χ2n) is 4.83. The smallest absolute Gasteiger partial charge is 0.272 e. The van der Waals surface area contributed by atoms with Gasteiger partial charge in [-0.3, -0.25) is 4.79 Å². The molecule has 108 valence electrons. The molecule has 7 nitrogen and oxygen atoms in total. The van der Waals surface area contributed by atoms with Gasteiger partial charge in [-0.25, -0.2) is 9.67 Å². The molecule has 3 N–H and O–H groups in total. The fraction of sp³-hybridized carbons (Fsp3) is 0.286. The summed E-state index contributed by atoms with van der Waals surface area (Å²) in [4.78, 5) is 19.2. The van der Waals surface area contributed by atoms with Crippen molar-refractivity contribution in [3.05, 3.63) is 52.2 Å². The van der Waals surface area contributed by atoms with Crippen LogP contribution in [0.15, 0.2) is 35.3 Å². The fourth-order valence-corrected chi connectivity index (χ4v) is 2.14. The first-order chi connectivity index (χ1) is 10.3. The van der Waals surface area contributed by atoms with Crippen LogP contribution in [0.4, 0.5) is 0 Å². The van der Waals surface area contributed by atoms with E-state index in [1.165, 1.54) is 0 Å². The molecule has 0 aliphatic rings. The molecule has 2 aromatic heterocycles. The van der Waals surface area contributed by atoms with Crippen LogP contribution in [0.25, 0.3) is 11.0 Å². The molecule has 0 radical (unpaired) electrons. The van der Waals surface area contributed by atoms with E-state index in [0.29, 0.717) is 18.8 Å². The normalized spacial score (nSPS) is 11.1. The number of aryl methyl sites for hydroxylation is 1. The van der Waals surface area contributed by atoms with Gasteiger partial charge < -0.3 is 10.7 Å². The molecule has 0 atom stereocenters. The van der Waals surface area contributed by atoms with Gasteiger partial charge in [-0.05, 0) is 31.5 Å². The zero-order valence-corrected chi connectivity index (χ0v) is 11.5. The van der Waals surface area contributed by atoms with Gasteiger partial charge in [0.1, 0.15) is 5.69 Å². The number of aromatic nitrogens is 5. The van der Waals surface area contributed by atoms with Gasteiger partial charge in [0.25, 0.3) is 5.56 Å². The molecule has 2 heterocycles. The lowest BCUT2D eigenvalue weighted by Crippen LogP contribution is -2.18. The largest absolute Gasteiger partial charge is 0.330 e. The molecule has 0 aliphatic heterocycles. The summed E-state index contributed by atoms with van der Waals surface area (Å²) in [5.41, 5.74) is 8.05. The molecule has 0 amide bonds. The summed E-state index contributed by atoms with van der Waals surface area (Å²) < 4.78 is 1.62. The summed E-state index contributed by atoms with van der Waals surface area (Å²) in [7, 11) is 0. The maximum absolute atomic E-state index is 12.0. The Bertz CT molecular complexity index is 806. The van der Waals surface area contributed by atoms with Gasteiger partial charge in [-0.15, -0.1) is 5.10 Å². The zero-order chi connectivity index (χ0) is 14.7. The van der Waals surface area contributed by atoms with E-state index in [9.17, 15) is 4.79 Å². The van der Waals surface area contributed by atoms with Gasteiger partial charge >= 0.3 is 0 Å². The minimum atomic E-state index is -0.201. The number of nitrogens with zero attached hydrogens (tertiary/aromatic N) is 4. The average molecular weight is 284 g/mol. The highest BCUT2D eigenvalue weighted by molar-refractivity contribution is 5.73. The van der Waals surface area contributed by atoms with Crippen LogP contribution in [0.1, 0.15) is 17.8 Å². The Kier molecular flexibility index (Phi) is 3.74. The van der Waals surface area contributed by atoms with E-state index in [4.69, 9.17) is 5.73 Å². The third-order valence-corrected chi connectivity index (χ3v) is 3.20. The molecule has 1 aromatic carbocycles. The molecule has 0 bridgehead atoms. The summed E-state index contributed by atoms with van der Waals surface area (Å²) in [5.74, 6) is 0. The Labute approximate surface area is 120 Å². The van der Waals surface area contributed by atoms with Gasteiger partial charge in [-0.2, -0.15) is 0 Å². The number of hydrogen-bond donors (Lipinski definition) is 2. The van der Waals surface area contributed by atoms with E-state index in [0.717, 1.165) is 29.6 Å². The van der Waals surface area contributed by atoms with E-state index < -0.39 is 0 Å². The molecule has 0 aliphatic carbocycles. The van der Waals surface area contributed by atoms with Crippen molar-refractivity contribution < 1.29 is 0 Å². The second-order valence-corrected chi connectivity index (χ2v) is 4.83. The molecule has 0 spiro atoms. The lowest BCUT2D eigenvalue weighted by molar-refractivity contribution is 0.634. The van der Waals surface area contributed by atoms with Gasteiger partial charge in [0.05, 0.1) is 23.3 Å². The van der Waals surface area contributed by atoms with E-state index >= 15 is 0 Å². The molecule has 7 heteroatoms. The summed E-state index contributed by atoms with van der Waals surface area (Å²) in [6.07, 6.45) is 3.48. The highest BCUT2D eigenvalue weighted by Gasteiger charge is 2.07. The van der Waals surface area contributed by atoms with Crippen molar-refractivity contribution in [3.63, 3.8) is 0 Å². The topological polar surface area (TPSA) is 102 Å². The third kappa shape index (κ3) is 2.97. The van der Waals surface area contributed by atoms with Crippen LogP contribution in [0.2, 0.25) is 0 Å². The van der Waals surface area contributed by atoms with Crippen LogP contribution in [-0.2, 0) is 13.0 Å². The standard InChI is InChI=1S/C14H16N6O/c15-7-3-4-10-8-20(19-18-10)9-13-14(21)17-12-6-2-1-5-11(12)16-13/h1-2,5-6,8H,3-4,7,9,15H2,(H,17,21). The average Bonchev–Trinajstić information content (AvgIpc) is 2.93. The van der Waals surface area contributed by atoms with Crippen LogP contribution in [0.5, 0.6) is 0 Å². The summed E-state index contributed by atoms with van der Waals surface area (Å²) >= 11 is 0. The predicted octanol–water partition coefficient (Wildman–Crippen LogP) is 0.454. The number of aromatic amines is 1. The van der Waals surface area contributed by atoms with Crippen LogP contribution in [0.3, 0.4) is 0 Å². The van der Waals surface area contributed by atoms with Crippen molar-refractivity contribution in [1.82, 2.24) is 25.0 Å². The van der Waals surface area contributed by atoms with Gasteiger partial charge in [0, 0.05) is 6.20 Å². The first-order valence-electron chi connectivity index (χ1n) is 6.83. The Morgan fingerprint density at radius 3 is 3.00 bits per heavy atom. The number of rotatable bonds is 5. The zero-order valence-electron chi connectivity index (χ0n) is 11.5. The van der Waals surface area contributed by atoms with E-state index in [-0.39, 0.29) is 5.56 Å². The van der Waals surface area contributed by atoms with Crippen molar-refractivity contribution in [2.24, 2.45) is 5.73 Å².